The highest BCUT2D eigenvalue weighted by Crippen LogP contribution is 2.42. The molecule has 2 aromatic carbocycles. The molecule has 0 spiro atoms. The molecular formula is C26H22FNO6. The largest absolute Gasteiger partial charge is 0.507 e. The van der Waals surface area contributed by atoms with Gasteiger partial charge in [-0.1, -0.05) is 18.7 Å². The fourth-order valence-corrected chi connectivity index (χ4v) is 3.85. The lowest BCUT2D eigenvalue weighted by Crippen LogP contribution is -2.29. The average molecular weight is 463 g/mol. The Hall–Kier alpha value is -4.33. The lowest BCUT2D eigenvalue weighted by molar-refractivity contribution is -0.140. The molecule has 1 aliphatic rings. The number of furan rings is 1. The molecule has 0 saturated carbocycles. The highest BCUT2D eigenvalue weighted by molar-refractivity contribution is 6.46. The molecule has 1 unspecified atom stereocenters. The summed E-state index contributed by atoms with van der Waals surface area (Å²) in [4.78, 5) is 27.4. The van der Waals surface area contributed by atoms with E-state index in [9.17, 15) is 19.1 Å². The van der Waals surface area contributed by atoms with Crippen LogP contribution in [-0.2, 0) is 16.1 Å². The van der Waals surface area contributed by atoms with E-state index in [1.165, 1.54) is 30.4 Å². The second kappa shape index (κ2) is 9.66. The number of carbonyl (C=O) groups is 2. The lowest BCUT2D eigenvalue weighted by atomic mass is 9.95. The summed E-state index contributed by atoms with van der Waals surface area (Å²) in [6.07, 6.45) is 3.06. The van der Waals surface area contributed by atoms with Crippen LogP contribution >= 0.6 is 0 Å². The van der Waals surface area contributed by atoms with Crippen molar-refractivity contribution in [3.05, 3.63) is 102 Å². The molecule has 0 aliphatic carbocycles. The van der Waals surface area contributed by atoms with Gasteiger partial charge in [0.05, 0.1) is 31.5 Å². The fraction of sp³-hybridized carbons (Fsp3) is 0.154. The van der Waals surface area contributed by atoms with Crippen LogP contribution in [0.3, 0.4) is 0 Å². The summed E-state index contributed by atoms with van der Waals surface area (Å²) in [6.45, 7) is 3.88. The predicted molar refractivity (Wildman–Crippen MR) is 122 cm³/mol. The minimum absolute atomic E-state index is 0.000527. The zero-order valence-corrected chi connectivity index (χ0v) is 18.4. The smallest absolute Gasteiger partial charge is 0.296 e. The first kappa shape index (κ1) is 22.8. The number of benzene rings is 2. The normalized spacial score (nSPS) is 17.1. The van der Waals surface area contributed by atoms with Crippen LogP contribution in [-0.4, -0.2) is 35.4 Å². The number of hydrogen-bond donors (Lipinski definition) is 1. The SMILES string of the molecule is C=CCOc1ccc(C2/C(=C(\O)c3ccc(F)cc3)C(=O)C(=O)N2Cc2ccco2)cc1OC. The van der Waals surface area contributed by atoms with E-state index in [2.05, 4.69) is 6.58 Å². The van der Waals surface area contributed by atoms with Gasteiger partial charge < -0.3 is 23.9 Å². The minimum Gasteiger partial charge on any atom is -0.507 e. The van der Waals surface area contributed by atoms with Crippen molar-refractivity contribution in [2.24, 2.45) is 0 Å². The molecule has 1 aromatic heterocycles. The Bertz CT molecular complexity index is 1250. The highest BCUT2D eigenvalue weighted by atomic mass is 19.1. The van der Waals surface area contributed by atoms with Gasteiger partial charge >= 0.3 is 0 Å². The third-order valence-corrected chi connectivity index (χ3v) is 5.42. The molecule has 34 heavy (non-hydrogen) atoms. The van der Waals surface area contributed by atoms with Crippen molar-refractivity contribution >= 4 is 17.4 Å². The van der Waals surface area contributed by atoms with Crippen molar-refractivity contribution in [2.75, 3.05) is 13.7 Å². The van der Waals surface area contributed by atoms with Gasteiger partial charge in [-0.05, 0) is 54.1 Å². The molecular weight excluding hydrogens is 441 g/mol. The second-order valence-electron chi connectivity index (χ2n) is 7.52. The van der Waals surface area contributed by atoms with E-state index in [1.54, 1.807) is 36.4 Å². The van der Waals surface area contributed by atoms with Gasteiger partial charge in [-0.25, -0.2) is 4.39 Å². The molecule has 7 nitrogen and oxygen atoms in total. The Kier molecular flexibility index (Phi) is 6.49. The molecule has 1 fully saturated rings. The number of ketones is 1. The van der Waals surface area contributed by atoms with Crippen molar-refractivity contribution in [1.29, 1.82) is 0 Å². The quantitative estimate of drug-likeness (QED) is 0.227. The summed E-state index contributed by atoms with van der Waals surface area (Å²) >= 11 is 0. The van der Waals surface area contributed by atoms with Crippen LogP contribution in [0.4, 0.5) is 4.39 Å². The topological polar surface area (TPSA) is 89.2 Å². The van der Waals surface area contributed by atoms with Gasteiger partial charge in [-0.3, -0.25) is 9.59 Å². The summed E-state index contributed by atoms with van der Waals surface area (Å²) in [7, 11) is 1.47. The summed E-state index contributed by atoms with van der Waals surface area (Å²) < 4.78 is 29.9. The van der Waals surface area contributed by atoms with E-state index < -0.39 is 29.3 Å². The molecule has 1 atom stereocenters. The summed E-state index contributed by atoms with van der Waals surface area (Å²) in [5, 5.41) is 11.0. The molecule has 1 amide bonds. The first-order valence-corrected chi connectivity index (χ1v) is 10.4. The number of aliphatic hydroxyl groups is 1. The zero-order chi connectivity index (χ0) is 24.2. The summed E-state index contributed by atoms with van der Waals surface area (Å²) in [6, 6.07) is 12.4. The third kappa shape index (κ3) is 4.30. The van der Waals surface area contributed by atoms with Crippen LogP contribution in [0.1, 0.15) is 22.9 Å². The number of Topliss-reactive ketones (excluding diaryl/α,β-unsaturated/α-hetero) is 1. The maximum Gasteiger partial charge on any atom is 0.296 e. The van der Waals surface area contributed by atoms with E-state index in [0.29, 0.717) is 22.8 Å². The van der Waals surface area contributed by atoms with Crippen molar-refractivity contribution in [1.82, 2.24) is 4.90 Å². The van der Waals surface area contributed by atoms with Gasteiger partial charge in [0.15, 0.2) is 11.5 Å². The van der Waals surface area contributed by atoms with Gasteiger partial charge in [0, 0.05) is 5.56 Å². The average Bonchev–Trinajstić information content (AvgIpc) is 3.45. The number of methoxy groups -OCH3 is 1. The third-order valence-electron chi connectivity index (χ3n) is 5.42. The summed E-state index contributed by atoms with van der Waals surface area (Å²) in [5.41, 5.74) is 0.600. The number of aliphatic hydroxyl groups excluding tert-OH is 1. The molecule has 1 N–H and O–H groups in total. The number of likely N-dealkylation sites (tertiary alicyclic amines) is 1. The first-order valence-electron chi connectivity index (χ1n) is 10.4. The van der Waals surface area contributed by atoms with Gasteiger partial charge in [-0.15, -0.1) is 0 Å². The molecule has 174 valence electrons. The van der Waals surface area contributed by atoms with Crippen LogP contribution in [0.25, 0.3) is 5.76 Å². The van der Waals surface area contributed by atoms with Gasteiger partial charge in [0.25, 0.3) is 11.7 Å². The summed E-state index contributed by atoms with van der Waals surface area (Å²) in [5.74, 6) is -1.26. The Balaban J connectivity index is 1.86. The van der Waals surface area contributed by atoms with Crippen molar-refractivity contribution in [3.8, 4) is 11.5 Å². The Morgan fingerprint density at radius 3 is 2.59 bits per heavy atom. The monoisotopic (exact) mass is 463 g/mol. The van der Waals surface area contributed by atoms with E-state index in [1.807, 2.05) is 0 Å². The Morgan fingerprint density at radius 2 is 1.94 bits per heavy atom. The van der Waals surface area contributed by atoms with Gasteiger partial charge in [-0.2, -0.15) is 0 Å². The van der Waals surface area contributed by atoms with E-state index in [4.69, 9.17) is 13.9 Å². The molecule has 2 heterocycles. The van der Waals surface area contributed by atoms with Crippen LogP contribution in [0.15, 0.2) is 83.5 Å². The van der Waals surface area contributed by atoms with E-state index >= 15 is 0 Å². The first-order chi connectivity index (χ1) is 16.4. The fourth-order valence-electron chi connectivity index (χ4n) is 3.85. The van der Waals surface area contributed by atoms with Crippen molar-refractivity contribution in [3.63, 3.8) is 0 Å². The highest BCUT2D eigenvalue weighted by Gasteiger charge is 2.46. The molecule has 0 bridgehead atoms. The van der Waals surface area contributed by atoms with Crippen LogP contribution in [0, 0.1) is 5.82 Å². The number of hydrogen-bond acceptors (Lipinski definition) is 6. The number of nitrogens with zero attached hydrogens (tertiary/aromatic N) is 1. The lowest BCUT2D eigenvalue weighted by Gasteiger charge is -2.25. The molecule has 1 aliphatic heterocycles. The molecule has 3 aromatic rings. The number of carbonyl (C=O) groups excluding carboxylic acids is 2. The van der Waals surface area contributed by atoms with Crippen molar-refractivity contribution in [2.45, 2.75) is 12.6 Å². The molecule has 0 radical (unpaired) electrons. The maximum absolute atomic E-state index is 13.4. The standard InChI is InChI=1S/C26H22FNO6/c1-3-12-34-20-11-8-17(14-21(20)32-2)23-22(24(29)16-6-9-18(27)10-7-16)25(30)26(31)28(23)15-19-5-4-13-33-19/h3-11,13-14,23,29H,1,12,15H2,2H3/b24-22+. The Labute approximate surface area is 195 Å². The van der Waals surface area contributed by atoms with Gasteiger partial charge in [0.2, 0.25) is 0 Å². The van der Waals surface area contributed by atoms with Crippen molar-refractivity contribution < 1.29 is 33.0 Å². The predicted octanol–water partition coefficient (Wildman–Crippen LogP) is 4.61. The number of ether oxygens (including phenoxy) is 2. The maximum atomic E-state index is 13.4. The molecule has 8 heteroatoms. The second-order valence-corrected chi connectivity index (χ2v) is 7.52. The van der Waals surface area contributed by atoms with E-state index in [0.717, 1.165) is 12.1 Å². The van der Waals surface area contributed by atoms with Gasteiger partial charge in [0.1, 0.15) is 23.9 Å². The van der Waals surface area contributed by atoms with Crippen LogP contribution in [0.2, 0.25) is 0 Å². The van der Waals surface area contributed by atoms with Crippen LogP contribution < -0.4 is 9.47 Å². The van der Waals surface area contributed by atoms with Crippen LogP contribution in [0.5, 0.6) is 11.5 Å². The minimum atomic E-state index is -0.947. The number of halogens is 1. The zero-order valence-electron chi connectivity index (χ0n) is 18.4. The Morgan fingerprint density at radius 1 is 1.18 bits per heavy atom. The molecule has 4 rings (SSSR count). The molecule has 1 saturated heterocycles. The van der Waals surface area contributed by atoms with E-state index in [-0.39, 0.29) is 24.3 Å². The number of rotatable bonds is 8. The number of amides is 1.